The molecule has 3 nitrogen and oxygen atoms in total. The van der Waals surface area contributed by atoms with Crippen molar-refractivity contribution in [1.82, 2.24) is 5.16 Å². The second-order valence-corrected chi connectivity index (χ2v) is 8.71. The molecule has 0 saturated heterocycles. The van der Waals surface area contributed by atoms with Gasteiger partial charge in [0.15, 0.2) is 0 Å². The van der Waals surface area contributed by atoms with Gasteiger partial charge >= 0.3 is 0 Å². The van der Waals surface area contributed by atoms with Crippen LogP contribution in [0.4, 0.5) is 5.69 Å². The molecule has 0 atom stereocenters. The first-order valence-corrected chi connectivity index (χ1v) is 9.25. The van der Waals surface area contributed by atoms with Gasteiger partial charge in [-0.25, -0.2) is 0 Å². The molecule has 2 aliphatic rings. The van der Waals surface area contributed by atoms with Crippen LogP contribution in [0.3, 0.4) is 0 Å². The molecule has 0 fully saturated rings. The monoisotopic (exact) mass is 336 g/mol. The zero-order valence-electron chi connectivity index (χ0n) is 16.3. The van der Waals surface area contributed by atoms with Crippen LogP contribution in [0, 0.1) is 13.8 Å². The molecule has 1 aromatic carbocycles. The number of aryl methyl sites for hydroxylation is 2. The lowest BCUT2D eigenvalue weighted by molar-refractivity contribution is 0.393. The highest BCUT2D eigenvalue weighted by atomic mass is 16.5. The number of benzene rings is 1. The van der Waals surface area contributed by atoms with Gasteiger partial charge in [-0.1, -0.05) is 25.6 Å². The number of hydrogen-bond donors (Lipinski definition) is 1. The molecule has 0 amide bonds. The average Bonchev–Trinajstić information content (AvgIpc) is 3.13. The Hall–Kier alpha value is -2.03. The fourth-order valence-electron chi connectivity index (χ4n) is 4.84. The Balaban J connectivity index is 2.06. The average molecular weight is 336 g/mol. The van der Waals surface area contributed by atoms with Crippen LogP contribution in [-0.2, 0) is 18.3 Å². The van der Waals surface area contributed by atoms with E-state index in [-0.39, 0.29) is 11.0 Å². The number of nitrogens with zero attached hydrogens (tertiary/aromatic N) is 1. The number of hydrogen-bond acceptors (Lipinski definition) is 3. The van der Waals surface area contributed by atoms with Crippen LogP contribution in [0.2, 0.25) is 0 Å². The molecule has 3 heteroatoms. The topological polar surface area (TPSA) is 38.1 Å². The van der Waals surface area contributed by atoms with E-state index in [0.717, 1.165) is 24.3 Å². The van der Waals surface area contributed by atoms with Gasteiger partial charge in [-0.05, 0) is 80.9 Å². The standard InChI is InChI=1S/C22H28N2O/c1-12-19(13(2)25-24-12)17-11-18-20(16-10-8-9-15(16)17)23-22(6,7)14(3)21(18,4)5/h11,23H,3,8-10H2,1-2,4-7H3. The molecular weight excluding hydrogens is 308 g/mol. The molecule has 1 aromatic heterocycles. The molecule has 25 heavy (non-hydrogen) atoms. The molecule has 0 saturated carbocycles. The van der Waals surface area contributed by atoms with E-state index in [2.05, 4.69) is 50.8 Å². The molecule has 0 unspecified atom stereocenters. The van der Waals surface area contributed by atoms with Crippen molar-refractivity contribution in [3.05, 3.63) is 46.4 Å². The molecule has 1 N–H and O–H groups in total. The summed E-state index contributed by atoms with van der Waals surface area (Å²) in [5, 5.41) is 8.00. The summed E-state index contributed by atoms with van der Waals surface area (Å²) >= 11 is 0. The molecule has 2 aromatic rings. The van der Waals surface area contributed by atoms with E-state index >= 15 is 0 Å². The maximum Gasteiger partial charge on any atom is 0.141 e. The van der Waals surface area contributed by atoms with Crippen LogP contribution in [0.25, 0.3) is 11.1 Å². The van der Waals surface area contributed by atoms with Crippen molar-refractivity contribution in [2.24, 2.45) is 0 Å². The fourth-order valence-corrected chi connectivity index (χ4v) is 4.84. The second kappa shape index (κ2) is 5.00. The number of rotatable bonds is 1. The quantitative estimate of drug-likeness (QED) is 0.700. The van der Waals surface area contributed by atoms with E-state index in [4.69, 9.17) is 4.52 Å². The molecule has 0 spiro atoms. The number of nitrogens with one attached hydrogen (secondary N) is 1. The van der Waals surface area contributed by atoms with Crippen molar-refractivity contribution in [2.45, 2.75) is 71.8 Å². The molecule has 1 aliphatic carbocycles. The largest absolute Gasteiger partial charge is 0.376 e. The highest BCUT2D eigenvalue weighted by Gasteiger charge is 2.43. The molecule has 1 aliphatic heterocycles. The summed E-state index contributed by atoms with van der Waals surface area (Å²) in [6, 6.07) is 2.37. The Morgan fingerprint density at radius 2 is 1.80 bits per heavy atom. The Morgan fingerprint density at radius 3 is 2.44 bits per heavy atom. The summed E-state index contributed by atoms with van der Waals surface area (Å²) in [5.74, 6) is 0.910. The zero-order valence-corrected chi connectivity index (χ0v) is 16.3. The van der Waals surface area contributed by atoms with Crippen LogP contribution in [0.15, 0.2) is 22.7 Å². The number of fused-ring (bicyclic) bond motifs is 3. The second-order valence-electron chi connectivity index (χ2n) is 8.71. The van der Waals surface area contributed by atoms with E-state index in [9.17, 15) is 0 Å². The molecule has 4 rings (SSSR count). The van der Waals surface area contributed by atoms with Gasteiger partial charge in [-0.2, -0.15) is 0 Å². The maximum absolute atomic E-state index is 5.48. The summed E-state index contributed by atoms with van der Waals surface area (Å²) < 4.78 is 5.48. The third-order valence-electron chi connectivity index (χ3n) is 6.33. The van der Waals surface area contributed by atoms with E-state index in [1.54, 1.807) is 0 Å². The summed E-state index contributed by atoms with van der Waals surface area (Å²) in [4.78, 5) is 0. The summed E-state index contributed by atoms with van der Waals surface area (Å²) in [6.07, 6.45) is 3.48. The Morgan fingerprint density at radius 1 is 1.12 bits per heavy atom. The first-order valence-electron chi connectivity index (χ1n) is 9.25. The lowest BCUT2D eigenvalue weighted by Crippen LogP contribution is -2.46. The minimum Gasteiger partial charge on any atom is -0.376 e. The van der Waals surface area contributed by atoms with Crippen LogP contribution in [0.5, 0.6) is 0 Å². The van der Waals surface area contributed by atoms with E-state index in [0.29, 0.717) is 0 Å². The molecule has 132 valence electrons. The smallest absolute Gasteiger partial charge is 0.141 e. The van der Waals surface area contributed by atoms with Crippen molar-refractivity contribution in [1.29, 1.82) is 0 Å². The highest BCUT2D eigenvalue weighted by Crippen LogP contribution is 2.51. The van der Waals surface area contributed by atoms with Crippen molar-refractivity contribution in [3.63, 3.8) is 0 Å². The highest BCUT2D eigenvalue weighted by molar-refractivity contribution is 5.82. The van der Waals surface area contributed by atoms with Gasteiger partial charge in [0.1, 0.15) is 5.76 Å². The first-order chi connectivity index (χ1) is 11.6. The predicted molar refractivity (Wildman–Crippen MR) is 103 cm³/mol. The predicted octanol–water partition coefficient (Wildman–Crippen LogP) is 5.49. The Labute approximate surface area is 150 Å². The van der Waals surface area contributed by atoms with Crippen LogP contribution >= 0.6 is 0 Å². The van der Waals surface area contributed by atoms with Gasteiger partial charge in [0.25, 0.3) is 0 Å². The fraction of sp³-hybridized carbons (Fsp3) is 0.500. The molecule has 0 radical (unpaired) electrons. The van der Waals surface area contributed by atoms with Gasteiger partial charge in [-0.15, -0.1) is 0 Å². The lowest BCUT2D eigenvalue weighted by atomic mass is 9.66. The Kier molecular flexibility index (Phi) is 3.29. The SMILES string of the molecule is C=C1C(C)(C)Nc2c(cc(-c3c(C)noc3C)c3c2CCC3)C1(C)C. The van der Waals surface area contributed by atoms with E-state index in [1.165, 1.54) is 45.5 Å². The van der Waals surface area contributed by atoms with Gasteiger partial charge in [0.05, 0.1) is 11.2 Å². The number of aromatic nitrogens is 1. The van der Waals surface area contributed by atoms with Crippen LogP contribution < -0.4 is 5.32 Å². The van der Waals surface area contributed by atoms with Crippen molar-refractivity contribution in [3.8, 4) is 11.1 Å². The van der Waals surface area contributed by atoms with Gasteiger partial charge in [0, 0.05) is 16.7 Å². The normalized spacial score (nSPS) is 20.2. The Bertz CT molecular complexity index is 880. The van der Waals surface area contributed by atoms with Crippen LogP contribution in [-0.4, -0.2) is 10.7 Å². The third-order valence-corrected chi connectivity index (χ3v) is 6.33. The number of anilines is 1. The maximum atomic E-state index is 5.48. The molecular formula is C22H28N2O. The van der Waals surface area contributed by atoms with E-state index < -0.39 is 0 Å². The minimum absolute atomic E-state index is 0.0740. The first kappa shape index (κ1) is 16.4. The van der Waals surface area contributed by atoms with E-state index in [1.807, 2.05) is 13.8 Å². The molecule has 2 heterocycles. The minimum atomic E-state index is -0.0998. The summed E-state index contributed by atoms with van der Waals surface area (Å²) in [7, 11) is 0. The lowest BCUT2D eigenvalue weighted by Gasteiger charge is -2.47. The van der Waals surface area contributed by atoms with Crippen molar-refractivity contribution in [2.75, 3.05) is 5.32 Å². The third kappa shape index (κ3) is 2.14. The van der Waals surface area contributed by atoms with Crippen LogP contribution in [0.1, 0.15) is 62.3 Å². The van der Waals surface area contributed by atoms with Gasteiger partial charge in [0.2, 0.25) is 0 Å². The molecule has 0 bridgehead atoms. The zero-order chi connectivity index (χ0) is 18.1. The van der Waals surface area contributed by atoms with Gasteiger partial charge < -0.3 is 9.84 Å². The summed E-state index contributed by atoms with van der Waals surface area (Å²) in [6.45, 7) is 17.6. The van der Waals surface area contributed by atoms with Crippen molar-refractivity contribution < 1.29 is 4.52 Å². The summed E-state index contributed by atoms with van der Waals surface area (Å²) in [5.41, 5.74) is 10.2. The van der Waals surface area contributed by atoms with Gasteiger partial charge in [-0.3, -0.25) is 0 Å². The van der Waals surface area contributed by atoms with Crippen molar-refractivity contribution >= 4 is 5.69 Å².